The van der Waals surface area contributed by atoms with Gasteiger partial charge in [0.2, 0.25) is 0 Å². The number of nitrogens with zero attached hydrogens (tertiary/aromatic N) is 3. The van der Waals surface area contributed by atoms with E-state index in [4.69, 9.17) is 10.5 Å². The van der Waals surface area contributed by atoms with Gasteiger partial charge in [-0.05, 0) is 30.3 Å². The van der Waals surface area contributed by atoms with E-state index in [-0.39, 0.29) is 6.10 Å². The van der Waals surface area contributed by atoms with E-state index in [2.05, 4.69) is 19.9 Å². The number of aromatic amines is 1. The maximum atomic E-state index is 10.4. The van der Waals surface area contributed by atoms with Crippen molar-refractivity contribution in [3.05, 3.63) is 18.1 Å². The summed E-state index contributed by atoms with van der Waals surface area (Å²) in [6.45, 7) is 3.23. The average molecular weight is 366 g/mol. The van der Waals surface area contributed by atoms with Gasteiger partial charge in [0.1, 0.15) is 11.8 Å². The Morgan fingerprint density at radius 2 is 2.28 bits per heavy atom. The highest BCUT2D eigenvalue weighted by Gasteiger charge is 2.31. The number of aliphatic hydroxyl groups is 1. The quantitative estimate of drug-likeness (QED) is 0.579. The number of methoxy groups -OCH3 is 1. The summed E-state index contributed by atoms with van der Waals surface area (Å²) >= 11 is 1.95. The highest BCUT2D eigenvalue weighted by molar-refractivity contribution is 7.99. The van der Waals surface area contributed by atoms with Gasteiger partial charge in [0, 0.05) is 45.1 Å². The Balaban J connectivity index is 1.49. The molecule has 1 aliphatic heterocycles. The van der Waals surface area contributed by atoms with Gasteiger partial charge in [-0.1, -0.05) is 0 Å². The molecule has 1 fully saturated rings. The highest BCUT2D eigenvalue weighted by Crippen LogP contribution is 2.26. The third kappa shape index (κ3) is 4.63. The molecule has 0 amide bonds. The number of aliphatic hydroxyl groups excluding tert-OH is 1. The maximum absolute atomic E-state index is 10.4. The standard InChI is InChI=1S/C17H27N5O2S/c1-24-4-2-5-25-6-3-12-8-22(10-14(12)23)9-13-7-19-16-15(13)20-11-21-17(16)18/h7,11-12,14,19,23H,2-6,8-10H2,1H3,(H2,18,20,21). The molecule has 138 valence electrons. The van der Waals surface area contributed by atoms with Gasteiger partial charge in [-0.2, -0.15) is 11.8 Å². The first-order chi connectivity index (χ1) is 12.2. The molecule has 3 heterocycles. The Labute approximate surface area is 152 Å². The molecular weight excluding hydrogens is 338 g/mol. The van der Waals surface area contributed by atoms with E-state index in [1.54, 1.807) is 7.11 Å². The van der Waals surface area contributed by atoms with Crippen LogP contribution in [-0.2, 0) is 11.3 Å². The third-order valence-corrected chi connectivity index (χ3v) is 5.82. The van der Waals surface area contributed by atoms with Crippen LogP contribution >= 0.6 is 11.8 Å². The summed E-state index contributed by atoms with van der Waals surface area (Å²) in [6.07, 6.45) is 5.34. The Kier molecular flexibility index (Phi) is 6.52. The molecule has 1 saturated heterocycles. The van der Waals surface area contributed by atoms with Crippen LogP contribution in [-0.4, -0.2) is 69.4 Å². The smallest absolute Gasteiger partial charge is 0.151 e. The zero-order valence-corrected chi connectivity index (χ0v) is 15.5. The lowest BCUT2D eigenvalue weighted by molar-refractivity contribution is 0.140. The minimum absolute atomic E-state index is 0.246. The van der Waals surface area contributed by atoms with Crippen molar-refractivity contribution < 1.29 is 9.84 Å². The Hall–Kier alpha value is -1.35. The van der Waals surface area contributed by atoms with E-state index >= 15 is 0 Å². The molecule has 2 atom stereocenters. The number of hydrogen-bond donors (Lipinski definition) is 3. The maximum Gasteiger partial charge on any atom is 0.151 e. The number of nitrogens with two attached hydrogens (primary N) is 1. The number of nitrogens with one attached hydrogen (secondary N) is 1. The van der Waals surface area contributed by atoms with Gasteiger partial charge in [-0.25, -0.2) is 9.97 Å². The van der Waals surface area contributed by atoms with E-state index in [0.717, 1.165) is 60.6 Å². The monoisotopic (exact) mass is 365 g/mol. The summed E-state index contributed by atoms with van der Waals surface area (Å²) in [6, 6.07) is 0. The summed E-state index contributed by atoms with van der Waals surface area (Å²) in [4.78, 5) is 13.8. The number of nitrogen functional groups attached to an aromatic ring is 1. The molecule has 0 bridgehead atoms. The van der Waals surface area contributed by atoms with Crippen LogP contribution in [0.5, 0.6) is 0 Å². The fourth-order valence-corrected chi connectivity index (χ4v) is 4.37. The molecule has 2 aromatic heterocycles. The van der Waals surface area contributed by atoms with Crippen LogP contribution in [0.25, 0.3) is 11.0 Å². The number of rotatable bonds is 9. The molecule has 7 nitrogen and oxygen atoms in total. The number of hydrogen-bond acceptors (Lipinski definition) is 7. The van der Waals surface area contributed by atoms with E-state index in [0.29, 0.717) is 18.3 Å². The topological polar surface area (TPSA) is 100 Å². The van der Waals surface area contributed by atoms with Crippen LogP contribution in [0.15, 0.2) is 12.5 Å². The Bertz CT molecular complexity index is 680. The van der Waals surface area contributed by atoms with E-state index < -0.39 is 0 Å². The van der Waals surface area contributed by atoms with Gasteiger partial charge in [-0.3, -0.25) is 4.90 Å². The Morgan fingerprint density at radius 1 is 1.40 bits per heavy atom. The van der Waals surface area contributed by atoms with Crippen molar-refractivity contribution in [2.75, 3.05) is 44.0 Å². The van der Waals surface area contributed by atoms with Crippen molar-refractivity contribution in [1.82, 2.24) is 19.9 Å². The Morgan fingerprint density at radius 3 is 3.12 bits per heavy atom. The lowest BCUT2D eigenvalue weighted by atomic mass is 10.0. The van der Waals surface area contributed by atoms with Gasteiger partial charge in [0.05, 0.1) is 11.6 Å². The number of H-pyrrole nitrogens is 1. The predicted molar refractivity (Wildman–Crippen MR) is 102 cm³/mol. The van der Waals surface area contributed by atoms with Gasteiger partial charge >= 0.3 is 0 Å². The van der Waals surface area contributed by atoms with Crippen molar-refractivity contribution in [1.29, 1.82) is 0 Å². The summed E-state index contributed by atoms with van der Waals surface area (Å²) in [7, 11) is 1.74. The first kappa shape index (κ1) is 18.4. The molecule has 4 N–H and O–H groups in total. The van der Waals surface area contributed by atoms with Crippen LogP contribution in [0.3, 0.4) is 0 Å². The number of anilines is 1. The van der Waals surface area contributed by atoms with Crippen molar-refractivity contribution in [2.45, 2.75) is 25.5 Å². The van der Waals surface area contributed by atoms with Crippen molar-refractivity contribution in [3.63, 3.8) is 0 Å². The molecular formula is C17H27N5O2S. The second kappa shape index (κ2) is 8.84. The molecule has 25 heavy (non-hydrogen) atoms. The third-order valence-electron chi connectivity index (χ3n) is 4.72. The van der Waals surface area contributed by atoms with E-state index in [9.17, 15) is 5.11 Å². The van der Waals surface area contributed by atoms with Gasteiger partial charge < -0.3 is 20.6 Å². The van der Waals surface area contributed by atoms with Crippen LogP contribution in [0.1, 0.15) is 18.4 Å². The zero-order chi connectivity index (χ0) is 17.6. The van der Waals surface area contributed by atoms with Crippen LogP contribution in [0.2, 0.25) is 0 Å². The van der Waals surface area contributed by atoms with Crippen LogP contribution < -0.4 is 5.73 Å². The summed E-state index contributed by atoms with van der Waals surface area (Å²) in [5, 5.41) is 10.4. The number of thioether (sulfide) groups is 1. The summed E-state index contributed by atoms with van der Waals surface area (Å²) in [5.41, 5.74) is 8.64. The number of ether oxygens (including phenoxy) is 1. The van der Waals surface area contributed by atoms with E-state index in [1.165, 1.54) is 6.33 Å². The highest BCUT2D eigenvalue weighted by atomic mass is 32.2. The predicted octanol–water partition coefficient (Wildman–Crippen LogP) is 1.49. The van der Waals surface area contributed by atoms with Gasteiger partial charge in [-0.15, -0.1) is 0 Å². The summed E-state index contributed by atoms with van der Waals surface area (Å²) < 4.78 is 5.06. The van der Waals surface area contributed by atoms with Crippen molar-refractivity contribution in [2.24, 2.45) is 5.92 Å². The number of likely N-dealkylation sites (tertiary alicyclic amines) is 1. The average Bonchev–Trinajstić information content (AvgIpc) is 3.16. The molecule has 0 aromatic carbocycles. The molecule has 8 heteroatoms. The fourth-order valence-electron chi connectivity index (χ4n) is 3.37. The fraction of sp³-hybridized carbons (Fsp3) is 0.647. The van der Waals surface area contributed by atoms with Gasteiger partial charge in [0.25, 0.3) is 0 Å². The molecule has 0 aliphatic carbocycles. The van der Waals surface area contributed by atoms with E-state index in [1.807, 2.05) is 18.0 Å². The second-order valence-electron chi connectivity index (χ2n) is 6.57. The van der Waals surface area contributed by atoms with Crippen LogP contribution in [0, 0.1) is 5.92 Å². The first-order valence-electron chi connectivity index (χ1n) is 8.72. The normalized spacial score (nSPS) is 21.4. The number of fused-ring (bicyclic) bond motifs is 1. The lowest BCUT2D eigenvalue weighted by Gasteiger charge is -2.15. The van der Waals surface area contributed by atoms with Gasteiger partial charge in [0.15, 0.2) is 5.82 Å². The largest absolute Gasteiger partial charge is 0.391 e. The first-order valence-corrected chi connectivity index (χ1v) is 9.88. The minimum atomic E-state index is -0.246. The molecule has 0 radical (unpaired) electrons. The number of aromatic nitrogens is 3. The molecule has 3 rings (SSSR count). The zero-order valence-electron chi connectivity index (χ0n) is 14.6. The second-order valence-corrected chi connectivity index (χ2v) is 7.79. The minimum Gasteiger partial charge on any atom is -0.391 e. The van der Waals surface area contributed by atoms with Crippen molar-refractivity contribution in [3.8, 4) is 0 Å². The molecule has 0 saturated carbocycles. The van der Waals surface area contributed by atoms with Crippen molar-refractivity contribution >= 4 is 28.6 Å². The molecule has 0 spiro atoms. The van der Waals surface area contributed by atoms with Crippen LogP contribution in [0.4, 0.5) is 5.82 Å². The molecule has 2 aromatic rings. The molecule has 1 aliphatic rings. The number of β-amino-alcohol motifs (C(OH)–C–C–N with tert-alkyl or cyclic N) is 1. The summed E-state index contributed by atoms with van der Waals surface area (Å²) in [5.74, 6) is 3.04. The SMILES string of the molecule is COCCCSCCC1CN(Cc2c[nH]c3c(N)ncnc23)CC1O. The lowest BCUT2D eigenvalue weighted by Crippen LogP contribution is -2.21. The molecule has 2 unspecified atom stereocenters.